The van der Waals surface area contributed by atoms with Crippen molar-refractivity contribution in [2.24, 2.45) is 4.99 Å². The van der Waals surface area contributed by atoms with Crippen molar-refractivity contribution in [3.8, 4) is 17.2 Å². The number of hydrogen-bond acceptors (Lipinski definition) is 5. The average Bonchev–Trinajstić information content (AvgIpc) is 2.62. The Morgan fingerprint density at radius 3 is 2.50 bits per heavy atom. The van der Waals surface area contributed by atoms with E-state index < -0.39 is 11.6 Å². The molecule has 0 aliphatic carbocycles. The Kier molecular flexibility index (Phi) is 6.33. The van der Waals surface area contributed by atoms with Gasteiger partial charge in [0.15, 0.2) is 17.3 Å². The number of Topliss-reactive ketones (excluding diaryl/α,β-unsaturated/α-hetero) is 1. The van der Waals surface area contributed by atoms with Crippen LogP contribution in [0.25, 0.3) is 0 Å². The van der Waals surface area contributed by atoms with Gasteiger partial charge in [-0.05, 0) is 49.6 Å². The van der Waals surface area contributed by atoms with Crippen LogP contribution in [0, 0.1) is 12.7 Å². The zero-order valence-corrected chi connectivity index (χ0v) is 14.8. The zero-order chi connectivity index (χ0) is 19.3. The predicted molar refractivity (Wildman–Crippen MR) is 97.6 cm³/mol. The summed E-state index contributed by atoms with van der Waals surface area (Å²) in [4.78, 5) is 16.4. The van der Waals surface area contributed by atoms with Gasteiger partial charge < -0.3 is 15.3 Å². The van der Waals surface area contributed by atoms with Gasteiger partial charge in [0.05, 0.1) is 6.54 Å². The van der Waals surface area contributed by atoms with Crippen LogP contribution >= 0.6 is 0 Å². The van der Waals surface area contributed by atoms with Crippen LogP contribution in [0.3, 0.4) is 0 Å². The Balaban J connectivity index is 2.03. The van der Waals surface area contributed by atoms with Crippen LogP contribution in [-0.4, -0.2) is 33.4 Å². The summed E-state index contributed by atoms with van der Waals surface area (Å²) in [6, 6.07) is 7.06. The van der Waals surface area contributed by atoms with E-state index in [1.807, 2.05) is 6.92 Å². The standard InChI is InChI=1S/C20H22FNO4/c1-3-17(15-7-9-18(24)12(2)20(15)26)22-11-14(23)6-4-13-5-8-16(21)19(25)10-13/h5,7-10,24-26H,3-4,6,11H2,1-2H3. The summed E-state index contributed by atoms with van der Waals surface area (Å²) in [7, 11) is 0. The summed E-state index contributed by atoms with van der Waals surface area (Å²) >= 11 is 0. The van der Waals surface area contributed by atoms with Crippen molar-refractivity contribution in [3.05, 3.63) is 52.8 Å². The SMILES string of the molecule is CCC(=NCC(=O)CCc1ccc(F)c(O)c1)c1ccc(O)c(C)c1O. The molecule has 0 aromatic heterocycles. The molecule has 0 aliphatic heterocycles. The molecule has 138 valence electrons. The van der Waals surface area contributed by atoms with Gasteiger partial charge >= 0.3 is 0 Å². The van der Waals surface area contributed by atoms with Crippen molar-refractivity contribution in [2.75, 3.05) is 6.54 Å². The van der Waals surface area contributed by atoms with E-state index in [-0.39, 0.29) is 30.2 Å². The van der Waals surface area contributed by atoms with E-state index in [9.17, 15) is 24.5 Å². The summed E-state index contributed by atoms with van der Waals surface area (Å²) in [5.74, 6) is -1.27. The molecule has 0 spiro atoms. The van der Waals surface area contributed by atoms with Gasteiger partial charge in [-0.25, -0.2) is 4.39 Å². The summed E-state index contributed by atoms with van der Waals surface area (Å²) in [6.07, 6.45) is 1.12. The van der Waals surface area contributed by atoms with E-state index in [1.54, 1.807) is 13.0 Å². The van der Waals surface area contributed by atoms with E-state index in [4.69, 9.17) is 0 Å². The largest absolute Gasteiger partial charge is 0.508 e. The maximum Gasteiger partial charge on any atom is 0.164 e. The lowest BCUT2D eigenvalue weighted by Gasteiger charge is -2.10. The second kappa shape index (κ2) is 8.47. The minimum atomic E-state index is -0.693. The summed E-state index contributed by atoms with van der Waals surface area (Å²) in [5, 5.41) is 29.1. The molecular formula is C20H22FNO4. The first-order chi connectivity index (χ1) is 12.3. The van der Waals surface area contributed by atoms with E-state index in [2.05, 4.69) is 4.99 Å². The highest BCUT2D eigenvalue weighted by Crippen LogP contribution is 2.30. The molecule has 26 heavy (non-hydrogen) atoms. The number of hydrogen-bond donors (Lipinski definition) is 3. The van der Waals surface area contributed by atoms with Gasteiger partial charge in [0.1, 0.15) is 11.5 Å². The van der Waals surface area contributed by atoms with E-state index in [0.29, 0.717) is 35.2 Å². The fraction of sp³-hybridized carbons (Fsp3) is 0.300. The van der Waals surface area contributed by atoms with Gasteiger partial charge in [0, 0.05) is 23.3 Å². The number of phenolic OH excluding ortho intramolecular Hbond substituents is 3. The van der Waals surface area contributed by atoms with E-state index >= 15 is 0 Å². The van der Waals surface area contributed by atoms with Crippen LogP contribution in [0.2, 0.25) is 0 Å². The van der Waals surface area contributed by atoms with Gasteiger partial charge in [-0.2, -0.15) is 0 Å². The number of halogens is 1. The number of ketones is 1. The molecule has 6 heteroatoms. The second-order valence-corrected chi connectivity index (χ2v) is 6.05. The molecule has 0 heterocycles. The lowest BCUT2D eigenvalue weighted by molar-refractivity contribution is -0.117. The normalized spacial score (nSPS) is 11.6. The molecule has 2 rings (SSSR count). The molecule has 0 atom stereocenters. The van der Waals surface area contributed by atoms with Crippen LogP contribution in [0.15, 0.2) is 35.3 Å². The fourth-order valence-electron chi connectivity index (χ4n) is 2.57. The van der Waals surface area contributed by atoms with Crippen molar-refractivity contribution >= 4 is 11.5 Å². The topological polar surface area (TPSA) is 90.1 Å². The number of aryl methyl sites for hydroxylation is 1. The number of benzene rings is 2. The number of aromatic hydroxyl groups is 3. The maximum absolute atomic E-state index is 13.0. The summed E-state index contributed by atoms with van der Waals surface area (Å²) < 4.78 is 13.0. The first-order valence-corrected chi connectivity index (χ1v) is 8.37. The number of carbonyl (C=O) groups excluding carboxylic acids is 1. The van der Waals surface area contributed by atoms with Gasteiger partial charge in [0.25, 0.3) is 0 Å². The minimum absolute atomic E-state index is 0.000305. The molecule has 2 aromatic carbocycles. The molecular weight excluding hydrogens is 337 g/mol. The fourth-order valence-corrected chi connectivity index (χ4v) is 2.57. The third-order valence-electron chi connectivity index (χ3n) is 4.20. The van der Waals surface area contributed by atoms with Crippen LogP contribution in [-0.2, 0) is 11.2 Å². The van der Waals surface area contributed by atoms with Crippen LogP contribution in [0.5, 0.6) is 17.2 Å². The highest BCUT2D eigenvalue weighted by atomic mass is 19.1. The van der Waals surface area contributed by atoms with Crippen LogP contribution < -0.4 is 0 Å². The summed E-state index contributed by atoms with van der Waals surface area (Å²) in [5.41, 5.74) is 2.12. The van der Waals surface area contributed by atoms with Crippen molar-refractivity contribution < 1.29 is 24.5 Å². The minimum Gasteiger partial charge on any atom is -0.508 e. The molecule has 3 N–H and O–H groups in total. The van der Waals surface area contributed by atoms with Crippen molar-refractivity contribution in [1.29, 1.82) is 0 Å². The smallest absolute Gasteiger partial charge is 0.164 e. The molecule has 0 saturated heterocycles. The molecule has 2 aromatic rings. The number of phenols is 3. The molecule has 0 amide bonds. The van der Waals surface area contributed by atoms with Crippen molar-refractivity contribution in [1.82, 2.24) is 0 Å². The van der Waals surface area contributed by atoms with Crippen LogP contribution in [0.4, 0.5) is 4.39 Å². The Bertz CT molecular complexity index is 846. The maximum atomic E-state index is 13.0. The monoisotopic (exact) mass is 359 g/mol. The number of nitrogens with zero attached hydrogens (tertiary/aromatic N) is 1. The van der Waals surface area contributed by atoms with Crippen molar-refractivity contribution in [3.63, 3.8) is 0 Å². The number of rotatable bonds is 7. The van der Waals surface area contributed by atoms with Gasteiger partial charge in [-0.3, -0.25) is 9.79 Å². The Morgan fingerprint density at radius 2 is 1.85 bits per heavy atom. The lowest BCUT2D eigenvalue weighted by Crippen LogP contribution is -2.09. The van der Waals surface area contributed by atoms with Gasteiger partial charge in [-0.15, -0.1) is 0 Å². The Labute approximate surface area is 151 Å². The number of carbonyl (C=O) groups is 1. The third kappa shape index (κ3) is 4.59. The second-order valence-electron chi connectivity index (χ2n) is 6.05. The van der Waals surface area contributed by atoms with Crippen LogP contribution in [0.1, 0.15) is 36.5 Å². The predicted octanol–water partition coefficient (Wildman–Crippen LogP) is 3.65. The van der Waals surface area contributed by atoms with Gasteiger partial charge in [0.2, 0.25) is 0 Å². The highest BCUT2D eigenvalue weighted by Gasteiger charge is 2.13. The first-order valence-electron chi connectivity index (χ1n) is 8.37. The number of aliphatic imine (C=N–C) groups is 1. The third-order valence-corrected chi connectivity index (χ3v) is 4.20. The molecule has 0 fully saturated rings. The van der Waals surface area contributed by atoms with E-state index in [0.717, 1.165) is 0 Å². The molecule has 0 saturated carbocycles. The molecule has 0 aliphatic rings. The average molecular weight is 359 g/mol. The Hall–Kier alpha value is -2.89. The van der Waals surface area contributed by atoms with Crippen molar-refractivity contribution in [2.45, 2.75) is 33.1 Å². The molecule has 0 unspecified atom stereocenters. The first kappa shape index (κ1) is 19.4. The quantitative estimate of drug-likeness (QED) is 0.658. The highest BCUT2D eigenvalue weighted by molar-refractivity contribution is 6.04. The summed E-state index contributed by atoms with van der Waals surface area (Å²) in [6.45, 7) is 3.44. The Morgan fingerprint density at radius 1 is 1.12 bits per heavy atom. The van der Waals surface area contributed by atoms with E-state index in [1.165, 1.54) is 24.3 Å². The molecule has 5 nitrogen and oxygen atoms in total. The van der Waals surface area contributed by atoms with Gasteiger partial charge in [-0.1, -0.05) is 13.0 Å². The zero-order valence-electron chi connectivity index (χ0n) is 14.8. The molecule has 0 bridgehead atoms. The molecule has 0 radical (unpaired) electrons. The lowest BCUT2D eigenvalue weighted by atomic mass is 10.0.